The van der Waals surface area contributed by atoms with E-state index in [1.165, 1.54) is 9.75 Å². The highest BCUT2D eigenvalue weighted by atomic mass is 35.5. The van der Waals surface area contributed by atoms with Crippen molar-refractivity contribution in [3.63, 3.8) is 0 Å². The van der Waals surface area contributed by atoms with Crippen LogP contribution in [-0.2, 0) is 11.3 Å². The van der Waals surface area contributed by atoms with Crippen molar-refractivity contribution in [2.24, 2.45) is 5.92 Å². The van der Waals surface area contributed by atoms with Gasteiger partial charge in [0.05, 0.1) is 12.7 Å². The fourth-order valence-corrected chi connectivity index (χ4v) is 3.58. The van der Waals surface area contributed by atoms with Crippen LogP contribution in [0.15, 0.2) is 24.4 Å². The lowest BCUT2D eigenvalue weighted by atomic mass is 10.1. The highest BCUT2D eigenvalue weighted by Crippen LogP contribution is 2.26. The quantitative estimate of drug-likeness (QED) is 0.815. The van der Waals surface area contributed by atoms with Crippen LogP contribution in [-0.4, -0.2) is 28.1 Å². The number of carbonyl (C=O) groups excluding carboxylic acids is 1. The second-order valence-electron chi connectivity index (χ2n) is 5.09. The van der Waals surface area contributed by atoms with E-state index in [0.29, 0.717) is 25.4 Å². The van der Waals surface area contributed by atoms with Gasteiger partial charge in [-0.25, -0.2) is 4.68 Å². The Morgan fingerprint density at radius 1 is 1.45 bits per heavy atom. The van der Waals surface area contributed by atoms with E-state index in [1.54, 1.807) is 22.4 Å². The van der Waals surface area contributed by atoms with Crippen LogP contribution in [0.1, 0.15) is 16.2 Å². The van der Waals surface area contributed by atoms with Crippen molar-refractivity contribution >= 4 is 34.7 Å². The topological polar surface area (TPSA) is 38.1 Å². The maximum atomic E-state index is 12.1. The normalized spacial score (nSPS) is 19.0. The summed E-state index contributed by atoms with van der Waals surface area (Å²) in [5.41, 5.74) is 0. The van der Waals surface area contributed by atoms with Crippen molar-refractivity contribution < 1.29 is 4.79 Å². The average molecular weight is 310 g/mol. The molecule has 0 N–H and O–H groups in total. The summed E-state index contributed by atoms with van der Waals surface area (Å²) in [6, 6.07) is 6.11. The summed E-state index contributed by atoms with van der Waals surface area (Å²) in [4.78, 5) is 16.4. The lowest BCUT2D eigenvalue weighted by Gasteiger charge is -2.17. The molecule has 2 aromatic rings. The maximum absolute atomic E-state index is 12.1. The molecule has 0 spiro atoms. The van der Waals surface area contributed by atoms with E-state index in [9.17, 15) is 4.79 Å². The molecule has 0 saturated carbocycles. The van der Waals surface area contributed by atoms with Crippen LogP contribution in [0.4, 0.5) is 5.82 Å². The lowest BCUT2D eigenvalue weighted by Crippen LogP contribution is -2.27. The van der Waals surface area contributed by atoms with E-state index < -0.39 is 0 Å². The van der Waals surface area contributed by atoms with Crippen molar-refractivity contribution in [3.05, 3.63) is 34.2 Å². The van der Waals surface area contributed by atoms with Gasteiger partial charge in [0.25, 0.3) is 0 Å². The highest BCUT2D eigenvalue weighted by Gasteiger charge is 2.31. The molecule has 1 amide bonds. The van der Waals surface area contributed by atoms with Crippen LogP contribution in [0, 0.1) is 12.8 Å². The highest BCUT2D eigenvalue weighted by molar-refractivity contribution is 7.11. The molecule has 1 aliphatic rings. The monoisotopic (exact) mass is 309 g/mol. The van der Waals surface area contributed by atoms with Crippen molar-refractivity contribution in [1.29, 1.82) is 0 Å². The van der Waals surface area contributed by atoms with E-state index in [2.05, 4.69) is 24.2 Å². The summed E-state index contributed by atoms with van der Waals surface area (Å²) >= 11 is 7.63. The van der Waals surface area contributed by atoms with E-state index >= 15 is 0 Å². The van der Waals surface area contributed by atoms with Crippen molar-refractivity contribution in [1.82, 2.24) is 9.78 Å². The second-order valence-corrected chi connectivity index (χ2v) is 6.77. The number of carbonyl (C=O) groups is 1. The Morgan fingerprint density at radius 2 is 2.30 bits per heavy atom. The predicted molar refractivity (Wildman–Crippen MR) is 81.6 cm³/mol. The summed E-state index contributed by atoms with van der Waals surface area (Å²) in [5, 5.41) is 4.35. The molecular formula is C14H16ClN3OS. The minimum absolute atomic E-state index is 0.139. The molecule has 1 aliphatic heterocycles. The molecule has 1 unspecified atom stereocenters. The molecule has 20 heavy (non-hydrogen) atoms. The number of aromatic nitrogens is 2. The summed E-state index contributed by atoms with van der Waals surface area (Å²) in [6.07, 6.45) is 2.28. The molecular weight excluding hydrogens is 294 g/mol. The maximum Gasteiger partial charge on any atom is 0.228 e. The molecule has 0 radical (unpaired) electrons. The molecule has 3 heterocycles. The Bertz CT molecular complexity index is 621. The molecule has 0 aromatic carbocycles. The van der Waals surface area contributed by atoms with Gasteiger partial charge in [0.15, 0.2) is 0 Å². The molecule has 6 heteroatoms. The number of anilines is 1. The molecule has 3 rings (SSSR count). The zero-order valence-electron chi connectivity index (χ0n) is 11.3. The molecule has 1 atom stereocenters. The summed E-state index contributed by atoms with van der Waals surface area (Å²) in [5.74, 6) is 1.78. The first-order valence-electron chi connectivity index (χ1n) is 6.61. The van der Waals surface area contributed by atoms with Crippen molar-refractivity contribution in [2.75, 3.05) is 17.3 Å². The standard InChI is InChI=1S/C14H16ClN3OS/c1-10-2-3-12(20-10)9-18-13(4-5-16-18)17-8-11(7-15)6-14(17)19/h2-5,11H,6-9H2,1H3. The zero-order valence-corrected chi connectivity index (χ0v) is 12.8. The molecule has 1 saturated heterocycles. The van der Waals surface area contributed by atoms with Crippen molar-refractivity contribution in [2.45, 2.75) is 19.9 Å². The van der Waals surface area contributed by atoms with Gasteiger partial charge in [-0.15, -0.1) is 22.9 Å². The Labute approximate surface area is 127 Å². The molecule has 106 valence electrons. The number of rotatable bonds is 4. The second kappa shape index (κ2) is 5.58. The largest absolute Gasteiger partial charge is 0.297 e. The third kappa shape index (κ3) is 2.60. The zero-order chi connectivity index (χ0) is 14.1. The van der Waals surface area contributed by atoms with Gasteiger partial charge >= 0.3 is 0 Å². The first-order chi connectivity index (χ1) is 9.67. The number of alkyl halides is 1. The van der Waals surface area contributed by atoms with Crippen LogP contribution in [0.5, 0.6) is 0 Å². The fourth-order valence-electron chi connectivity index (χ4n) is 2.50. The smallest absolute Gasteiger partial charge is 0.228 e. The Hall–Kier alpha value is -1.33. The van der Waals surface area contributed by atoms with Gasteiger partial charge in [0, 0.05) is 34.7 Å². The van der Waals surface area contributed by atoms with Gasteiger partial charge < -0.3 is 0 Å². The minimum Gasteiger partial charge on any atom is -0.297 e. The van der Waals surface area contributed by atoms with E-state index in [1.807, 2.05) is 10.7 Å². The Balaban J connectivity index is 1.81. The molecule has 0 aliphatic carbocycles. The first kappa shape index (κ1) is 13.6. The average Bonchev–Trinajstić information content (AvgIpc) is 3.11. The molecule has 2 aromatic heterocycles. The van der Waals surface area contributed by atoms with Gasteiger partial charge in [-0.3, -0.25) is 9.69 Å². The number of hydrogen-bond donors (Lipinski definition) is 0. The number of nitrogens with zero attached hydrogens (tertiary/aromatic N) is 3. The van der Waals surface area contributed by atoms with Gasteiger partial charge in [0.1, 0.15) is 5.82 Å². The van der Waals surface area contributed by atoms with Crippen molar-refractivity contribution in [3.8, 4) is 0 Å². The Kier molecular flexibility index (Phi) is 3.81. The van der Waals surface area contributed by atoms with Crippen LogP contribution in [0.2, 0.25) is 0 Å². The Morgan fingerprint density at radius 3 is 2.95 bits per heavy atom. The van der Waals surface area contributed by atoms with E-state index in [0.717, 1.165) is 5.82 Å². The van der Waals surface area contributed by atoms with Crippen LogP contribution >= 0.6 is 22.9 Å². The van der Waals surface area contributed by atoms with E-state index in [4.69, 9.17) is 11.6 Å². The molecule has 1 fully saturated rings. The SMILES string of the molecule is Cc1ccc(Cn2nccc2N2CC(CCl)CC2=O)s1. The summed E-state index contributed by atoms with van der Waals surface area (Å²) < 4.78 is 1.89. The minimum atomic E-state index is 0.139. The third-order valence-corrected chi connectivity index (χ3v) is 4.92. The number of thiophene rings is 1. The van der Waals surface area contributed by atoms with E-state index in [-0.39, 0.29) is 11.8 Å². The van der Waals surface area contributed by atoms with Crippen LogP contribution in [0.3, 0.4) is 0 Å². The van der Waals surface area contributed by atoms with Gasteiger partial charge in [0.2, 0.25) is 5.91 Å². The van der Waals surface area contributed by atoms with Gasteiger partial charge in [-0.05, 0) is 25.0 Å². The summed E-state index contributed by atoms with van der Waals surface area (Å²) in [6.45, 7) is 3.49. The number of aryl methyl sites for hydroxylation is 1. The lowest BCUT2D eigenvalue weighted by molar-refractivity contribution is -0.117. The fraction of sp³-hybridized carbons (Fsp3) is 0.429. The third-order valence-electron chi connectivity index (χ3n) is 3.50. The summed E-state index contributed by atoms with van der Waals surface area (Å²) in [7, 11) is 0. The number of amides is 1. The number of hydrogen-bond acceptors (Lipinski definition) is 3. The first-order valence-corrected chi connectivity index (χ1v) is 7.96. The number of halogens is 1. The molecule has 4 nitrogen and oxygen atoms in total. The van der Waals surface area contributed by atoms with Crippen LogP contribution < -0.4 is 4.90 Å². The van der Waals surface area contributed by atoms with Gasteiger partial charge in [-0.2, -0.15) is 5.10 Å². The van der Waals surface area contributed by atoms with Crippen LogP contribution in [0.25, 0.3) is 0 Å². The van der Waals surface area contributed by atoms with Gasteiger partial charge in [-0.1, -0.05) is 0 Å². The molecule has 0 bridgehead atoms. The predicted octanol–water partition coefficient (Wildman–Crippen LogP) is 2.89.